The molecule has 18 heavy (non-hydrogen) atoms. The van der Waals surface area contributed by atoms with Crippen molar-refractivity contribution >= 4 is 44.6 Å². The average molecular weight is 351 g/mol. The van der Waals surface area contributed by atoms with Gasteiger partial charge in [0, 0.05) is 0 Å². The molecule has 2 saturated heterocycles. The fourth-order valence-electron chi connectivity index (χ4n) is 4.44. The lowest BCUT2D eigenvalue weighted by Crippen LogP contribution is -2.79. The molecule has 106 valence electrons. The predicted octanol–water partition coefficient (Wildman–Crippen LogP) is 3.42. The van der Waals surface area contributed by atoms with Crippen LogP contribution in [-0.2, 0) is 8.23 Å². The van der Waals surface area contributed by atoms with Gasteiger partial charge in [-0.1, -0.05) is 26.2 Å². The van der Waals surface area contributed by atoms with Gasteiger partial charge in [0.2, 0.25) is 0 Å². The van der Waals surface area contributed by atoms with Crippen LogP contribution in [0.15, 0.2) is 0 Å². The molecule has 0 N–H and O–H groups in total. The van der Waals surface area contributed by atoms with Gasteiger partial charge in [0.1, 0.15) is 0 Å². The second-order valence-electron chi connectivity index (χ2n) is 8.54. The first-order chi connectivity index (χ1) is 7.66. The molecule has 0 radical (unpaired) electrons. The summed E-state index contributed by atoms with van der Waals surface area (Å²) in [6.45, 7) is 25.8. The van der Waals surface area contributed by atoms with Crippen molar-refractivity contribution in [1.82, 2.24) is 0 Å². The van der Waals surface area contributed by atoms with Crippen molar-refractivity contribution in [1.29, 1.82) is 0 Å². The molecule has 2 heterocycles. The first-order valence-corrected chi connectivity index (χ1v) is 28.7. The largest absolute Gasteiger partial charge is 0.460 e. The Bertz CT molecular complexity index is 371. The van der Waals surface area contributed by atoms with E-state index in [1.165, 1.54) is 0 Å². The van der Waals surface area contributed by atoms with Gasteiger partial charge in [0.15, 0.2) is 30.4 Å². The fourth-order valence-corrected chi connectivity index (χ4v) is 176. The monoisotopic (exact) mass is 350 g/mol. The summed E-state index contributed by atoms with van der Waals surface area (Å²) in [6, 6.07) is 0. The zero-order valence-corrected chi connectivity index (χ0v) is 19.8. The predicted molar refractivity (Wildman–Crippen MR) is 95.3 cm³/mol. The minimum absolute atomic E-state index is 1.23. The number of hydrogen-bond acceptors (Lipinski definition) is 2. The SMILES string of the molecule is C[Si]1(C)O[Si](C)(C)[Si]2(C)O[Si]1(C)[Si](C)(C)[Si]2(C)C. The van der Waals surface area contributed by atoms with Crippen molar-refractivity contribution in [3.63, 3.8) is 0 Å². The first-order valence-electron chi connectivity index (χ1n) is 7.07. The lowest BCUT2D eigenvalue weighted by Gasteiger charge is -2.55. The zero-order valence-electron chi connectivity index (χ0n) is 13.8. The summed E-state index contributed by atoms with van der Waals surface area (Å²) in [5.41, 5.74) is 0. The van der Waals surface area contributed by atoms with Crippen LogP contribution in [0.5, 0.6) is 0 Å². The van der Waals surface area contributed by atoms with Crippen molar-refractivity contribution in [3.05, 3.63) is 0 Å². The summed E-state index contributed by atoms with van der Waals surface area (Å²) in [5, 5.41) is 0. The molecule has 2 unspecified atom stereocenters. The molecule has 0 amide bonds. The van der Waals surface area contributed by atoms with Crippen molar-refractivity contribution in [2.24, 2.45) is 0 Å². The van der Waals surface area contributed by atoms with E-state index in [9.17, 15) is 0 Å². The van der Waals surface area contributed by atoms with Gasteiger partial charge in [-0.3, -0.25) is 0 Å². The van der Waals surface area contributed by atoms with Crippen LogP contribution in [0.1, 0.15) is 0 Å². The smallest absolute Gasteiger partial charge is 0.187 e. The molecule has 2 rings (SSSR count). The molecule has 0 saturated carbocycles. The Morgan fingerprint density at radius 3 is 1.00 bits per heavy atom. The molecular formula is C10H30O2Si6. The quantitative estimate of drug-likeness (QED) is 0.623. The van der Waals surface area contributed by atoms with Crippen LogP contribution in [-0.4, -0.2) is 44.6 Å². The molecule has 2 aliphatic heterocycles. The highest BCUT2D eigenvalue weighted by Crippen LogP contribution is 2.55. The van der Waals surface area contributed by atoms with E-state index in [0.29, 0.717) is 0 Å². The zero-order chi connectivity index (χ0) is 14.4. The lowest BCUT2D eigenvalue weighted by molar-refractivity contribution is 0.507. The highest BCUT2D eigenvalue weighted by Gasteiger charge is 2.83. The third kappa shape index (κ3) is 1.34. The van der Waals surface area contributed by atoms with Gasteiger partial charge >= 0.3 is 0 Å². The van der Waals surface area contributed by atoms with Crippen LogP contribution in [0, 0.1) is 0 Å². The molecule has 0 aliphatic carbocycles. The number of hydrogen-bond donors (Lipinski definition) is 0. The van der Waals surface area contributed by atoms with Gasteiger partial charge in [-0.25, -0.2) is 0 Å². The minimum atomic E-state index is -1.60. The van der Waals surface area contributed by atoms with E-state index in [2.05, 4.69) is 65.5 Å². The van der Waals surface area contributed by atoms with Crippen molar-refractivity contribution < 1.29 is 8.23 Å². The standard InChI is InChI=1S/C10H30O2Si6/c1-13(2)11-14(3,4)18(10)12-17(13,9)15(5,6)16(18,7)8/h1-10H3. The van der Waals surface area contributed by atoms with E-state index in [1.807, 2.05) is 0 Å². The summed E-state index contributed by atoms with van der Waals surface area (Å²) >= 11 is 0. The summed E-state index contributed by atoms with van der Waals surface area (Å²) in [6.07, 6.45) is 0. The number of fused-ring (bicyclic) bond motifs is 2. The molecule has 2 atom stereocenters. The van der Waals surface area contributed by atoms with Gasteiger partial charge in [0.25, 0.3) is 0 Å². The molecule has 2 nitrogen and oxygen atoms in total. The second-order valence-corrected chi connectivity index (χ2v) is 66.5. The molecular weight excluding hydrogens is 321 g/mol. The van der Waals surface area contributed by atoms with Gasteiger partial charge in [-0.2, -0.15) is 0 Å². The van der Waals surface area contributed by atoms with Gasteiger partial charge in [-0.05, 0) is 39.3 Å². The van der Waals surface area contributed by atoms with Gasteiger partial charge in [0.05, 0.1) is 14.2 Å². The van der Waals surface area contributed by atoms with Gasteiger partial charge < -0.3 is 8.23 Å². The Hall–Kier alpha value is 1.22. The van der Waals surface area contributed by atoms with E-state index in [-0.39, 0.29) is 0 Å². The maximum absolute atomic E-state index is 7.23. The van der Waals surface area contributed by atoms with Gasteiger partial charge in [-0.15, -0.1) is 0 Å². The molecule has 2 fully saturated rings. The third-order valence-electron chi connectivity index (χ3n) is 7.16. The summed E-state index contributed by atoms with van der Waals surface area (Å²) in [5.74, 6) is 0. The summed E-state index contributed by atoms with van der Waals surface area (Å²) in [4.78, 5) is 0. The molecule has 2 aliphatic rings. The summed E-state index contributed by atoms with van der Waals surface area (Å²) in [7, 11) is -8.81. The molecule has 2 bridgehead atoms. The Morgan fingerprint density at radius 1 is 0.444 bits per heavy atom. The van der Waals surface area contributed by atoms with E-state index < -0.39 is 44.6 Å². The normalized spacial score (nSPS) is 47.0. The van der Waals surface area contributed by atoms with E-state index in [1.54, 1.807) is 0 Å². The molecule has 0 spiro atoms. The maximum Gasteiger partial charge on any atom is 0.187 e. The van der Waals surface area contributed by atoms with Crippen molar-refractivity contribution in [3.8, 4) is 0 Å². The lowest BCUT2D eigenvalue weighted by atomic mass is 11.9. The molecule has 8 heteroatoms. The first kappa shape index (κ1) is 15.6. The Kier molecular flexibility index (Phi) is 3.05. The summed E-state index contributed by atoms with van der Waals surface area (Å²) < 4.78 is 14.2. The van der Waals surface area contributed by atoms with Crippen LogP contribution in [0.25, 0.3) is 0 Å². The Labute approximate surface area is 118 Å². The topological polar surface area (TPSA) is 18.5 Å². The average Bonchev–Trinajstić information content (AvgIpc) is 2.21. The second kappa shape index (κ2) is 3.51. The molecule has 0 aromatic heterocycles. The maximum atomic E-state index is 7.23. The third-order valence-corrected chi connectivity index (χ3v) is 119. The van der Waals surface area contributed by atoms with Crippen LogP contribution in [0.2, 0.25) is 65.5 Å². The fraction of sp³-hybridized carbons (Fsp3) is 1.00. The molecule has 0 aromatic rings. The minimum Gasteiger partial charge on any atom is -0.460 e. The molecule has 0 aromatic carbocycles. The highest BCUT2D eigenvalue weighted by molar-refractivity contribution is 8.01. The van der Waals surface area contributed by atoms with Crippen LogP contribution in [0.3, 0.4) is 0 Å². The highest BCUT2D eigenvalue weighted by atomic mass is 30.1. The van der Waals surface area contributed by atoms with Crippen LogP contribution < -0.4 is 0 Å². The van der Waals surface area contributed by atoms with Crippen LogP contribution >= 0.6 is 0 Å². The van der Waals surface area contributed by atoms with Crippen molar-refractivity contribution in [2.75, 3.05) is 0 Å². The Morgan fingerprint density at radius 2 is 0.722 bits per heavy atom. The Balaban J connectivity index is 2.76. The van der Waals surface area contributed by atoms with Crippen molar-refractivity contribution in [2.45, 2.75) is 65.5 Å². The van der Waals surface area contributed by atoms with Crippen LogP contribution in [0.4, 0.5) is 0 Å². The van der Waals surface area contributed by atoms with E-state index in [0.717, 1.165) is 0 Å². The van der Waals surface area contributed by atoms with E-state index in [4.69, 9.17) is 8.23 Å². The van der Waals surface area contributed by atoms with E-state index >= 15 is 0 Å². The number of rotatable bonds is 0.